The Kier molecular flexibility index (Phi) is 2.60. The van der Waals surface area contributed by atoms with Crippen LogP contribution >= 0.6 is 12.2 Å². The molecule has 2 nitrogen and oxygen atoms in total. The number of halogens is 1. The maximum atomic E-state index is 12.9. The lowest BCUT2D eigenvalue weighted by Crippen LogP contribution is -2.11. The van der Waals surface area contributed by atoms with Gasteiger partial charge in [-0.2, -0.15) is 0 Å². The number of thiocarbonyl (C=S) groups is 1. The second-order valence-corrected chi connectivity index (χ2v) is 2.65. The van der Waals surface area contributed by atoms with E-state index in [0.717, 1.165) is 0 Å². The Morgan fingerprint density at radius 1 is 1.58 bits per heavy atom. The van der Waals surface area contributed by atoms with Crippen LogP contribution < -0.4 is 10.5 Å². The summed E-state index contributed by atoms with van der Waals surface area (Å²) >= 11 is 4.64. The van der Waals surface area contributed by atoms with Gasteiger partial charge in [0, 0.05) is 5.56 Å². The van der Waals surface area contributed by atoms with Crippen molar-refractivity contribution in [2.75, 3.05) is 7.11 Å². The molecule has 1 aromatic rings. The van der Waals surface area contributed by atoms with E-state index in [1.165, 1.54) is 25.3 Å². The van der Waals surface area contributed by atoms with Crippen molar-refractivity contribution < 1.29 is 9.13 Å². The molecule has 0 saturated heterocycles. The van der Waals surface area contributed by atoms with E-state index in [9.17, 15) is 4.39 Å². The normalized spacial score (nSPS) is 9.50. The van der Waals surface area contributed by atoms with Crippen LogP contribution in [-0.4, -0.2) is 12.1 Å². The van der Waals surface area contributed by atoms with Gasteiger partial charge in [-0.25, -0.2) is 4.39 Å². The van der Waals surface area contributed by atoms with Gasteiger partial charge in [0.1, 0.15) is 16.6 Å². The summed E-state index contributed by atoms with van der Waals surface area (Å²) in [5.74, 6) is 0.113. The van der Waals surface area contributed by atoms with Gasteiger partial charge in [0.05, 0.1) is 7.11 Å². The molecule has 0 saturated carbocycles. The van der Waals surface area contributed by atoms with Crippen LogP contribution in [0.4, 0.5) is 4.39 Å². The minimum atomic E-state index is -0.428. The molecule has 1 rings (SSSR count). The average Bonchev–Trinajstić information content (AvgIpc) is 2.05. The van der Waals surface area contributed by atoms with Gasteiger partial charge in [0.15, 0.2) is 0 Å². The van der Waals surface area contributed by atoms with Crippen molar-refractivity contribution >= 4 is 17.2 Å². The number of hydrogen-bond donors (Lipinski definition) is 1. The molecule has 12 heavy (non-hydrogen) atoms. The molecule has 0 bridgehead atoms. The monoisotopic (exact) mass is 185 g/mol. The lowest BCUT2D eigenvalue weighted by atomic mass is 10.2. The van der Waals surface area contributed by atoms with Gasteiger partial charge in [0.2, 0.25) is 0 Å². The SMILES string of the molecule is COc1ccc(F)c(C(N)=S)c1. The minimum Gasteiger partial charge on any atom is -0.497 e. The van der Waals surface area contributed by atoms with E-state index in [0.29, 0.717) is 5.75 Å². The van der Waals surface area contributed by atoms with Gasteiger partial charge in [0.25, 0.3) is 0 Å². The Morgan fingerprint density at radius 2 is 2.25 bits per heavy atom. The highest BCUT2D eigenvalue weighted by Crippen LogP contribution is 2.15. The molecule has 0 aromatic heterocycles. The first-order valence-electron chi connectivity index (χ1n) is 3.28. The van der Waals surface area contributed by atoms with Gasteiger partial charge in [-0.05, 0) is 18.2 Å². The van der Waals surface area contributed by atoms with E-state index in [1.54, 1.807) is 0 Å². The van der Waals surface area contributed by atoms with Gasteiger partial charge in [-0.15, -0.1) is 0 Å². The number of ether oxygens (including phenoxy) is 1. The van der Waals surface area contributed by atoms with E-state index in [2.05, 4.69) is 12.2 Å². The second kappa shape index (κ2) is 3.49. The smallest absolute Gasteiger partial charge is 0.133 e. The first-order valence-corrected chi connectivity index (χ1v) is 3.69. The predicted octanol–water partition coefficient (Wildman–Crippen LogP) is 1.47. The van der Waals surface area contributed by atoms with Crippen LogP contribution in [0.1, 0.15) is 5.56 Å². The molecule has 0 aliphatic heterocycles. The summed E-state index contributed by atoms with van der Waals surface area (Å²) in [6.45, 7) is 0. The molecule has 0 amide bonds. The van der Waals surface area contributed by atoms with Gasteiger partial charge < -0.3 is 10.5 Å². The topological polar surface area (TPSA) is 35.2 Å². The summed E-state index contributed by atoms with van der Waals surface area (Å²) in [7, 11) is 1.50. The van der Waals surface area contributed by atoms with Crippen molar-refractivity contribution in [3.05, 3.63) is 29.6 Å². The molecule has 0 atom stereocenters. The van der Waals surface area contributed by atoms with Gasteiger partial charge >= 0.3 is 0 Å². The molecular weight excluding hydrogens is 177 g/mol. The highest BCUT2D eigenvalue weighted by Gasteiger charge is 2.05. The third-order valence-electron chi connectivity index (χ3n) is 1.44. The summed E-state index contributed by atoms with van der Waals surface area (Å²) in [6, 6.07) is 4.25. The van der Waals surface area contributed by atoms with Crippen LogP contribution in [0, 0.1) is 5.82 Å². The zero-order valence-electron chi connectivity index (χ0n) is 6.50. The Bertz CT molecular complexity index is 314. The Balaban J connectivity index is 3.17. The Hall–Kier alpha value is -1.16. The number of rotatable bonds is 2. The van der Waals surface area contributed by atoms with Crippen molar-refractivity contribution in [3.63, 3.8) is 0 Å². The number of methoxy groups -OCH3 is 1. The molecule has 0 unspecified atom stereocenters. The molecule has 64 valence electrons. The number of nitrogens with two attached hydrogens (primary N) is 1. The standard InChI is InChI=1S/C8H8FNOS/c1-11-5-2-3-7(9)6(4-5)8(10)12/h2-4H,1H3,(H2,10,12). The number of benzene rings is 1. The first kappa shape index (κ1) is 8.93. The molecule has 0 aliphatic carbocycles. The predicted molar refractivity (Wildman–Crippen MR) is 48.8 cm³/mol. The number of hydrogen-bond acceptors (Lipinski definition) is 2. The molecule has 1 aromatic carbocycles. The Morgan fingerprint density at radius 3 is 2.75 bits per heavy atom. The fourth-order valence-corrected chi connectivity index (χ4v) is 0.977. The zero-order chi connectivity index (χ0) is 9.14. The van der Waals surface area contributed by atoms with Crippen molar-refractivity contribution in [2.45, 2.75) is 0 Å². The molecule has 0 radical (unpaired) electrons. The maximum Gasteiger partial charge on any atom is 0.133 e. The molecule has 2 N–H and O–H groups in total. The fourth-order valence-electron chi connectivity index (χ4n) is 0.820. The van der Waals surface area contributed by atoms with Crippen molar-refractivity contribution in [1.82, 2.24) is 0 Å². The average molecular weight is 185 g/mol. The lowest BCUT2D eigenvalue weighted by molar-refractivity contribution is 0.413. The van der Waals surface area contributed by atoms with E-state index in [-0.39, 0.29) is 10.6 Å². The summed E-state index contributed by atoms with van der Waals surface area (Å²) < 4.78 is 17.8. The molecule has 0 fully saturated rings. The quantitative estimate of drug-likeness (QED) is 0.708. The van der Waals surface area contributed by atoms with Crippen LogP contribution in [0.2, 0.25) is 0 Å². The van der Waals surface area contributed by atoms with Crippen LogP contribution in [0.25, 0.3) is 0 Å². The fraction of sp³-hybridized carbons (Fsp3) is 0.125. The lowest BCUT2D eigenvalue weighted by Gasteiger charge is -2.03. The van der Waals surface area contributed by atoms with Crippen molar-refractivity contribution in [3.8, 4) is 5.75 Å². The van der Waals surface area contributed by atoms with Crippen molar-refractivity contribution in [1.29, 1.82) is 0 Å². The van der Waals surface area contributed by atoms with Crippen LogP contribution in [-0.2, 0) is 0 Å². The van der Waals surface area contributed by atoms with Gasteiger partial charge in [-0.1, -0.05) is 12.2 Å². The summed E-state index contributed by atoms with van der Waals surface area (Å²) in [5, 5.41) is 0. The highest BCUT2D eigenvalue weighted by atomic mass is 32.1. The van der Waals surface area contributed by atoms with E-state index < -0.39 is 5.82 Å². The van der Waals surface area contributed by atoms with E-state index in [4.69, 9.17) is 10.5 Å². The zero-order valence-corrected chi connectivity index (χ0v) is 7.32. The third kappa shape index (κ3) is 1.71. The van der Waals surface area contributed by atoms with Crippen molar-refractivity contribution in [2.24, 2.45) is 5.73 Å². The summed E-state index contributed by atoms with van der Waals surface area (Å²) in [5.41, 5.74) is 5.49. The maximum absolute atomic E-state index is 12.9. The third-order valence-corrected chi connectivity index (χ3v) is 1.66. The van der Waals surface area contributed by atoms with E-state index >= 15 is 0 Å². The van der Waals surface area contributed by atoms with Crippen LogP contribution in [0.5, 0.6) is 5.75 Å². The Labute approximate surface area is 75.1 Å². The summed E-state index contributed by atoms with van der Waals surface area (Å²) in [4.78, 5) is 0.0337. The largest absolute Gasteiger partial charge is 0.497 e. The van der Waals surface area contributed by atoms with E-state index in [1.807, 2.05) is 0 Å². The molecular formula is C8H8FNOS. The minimum absolute atomic E-state index is 0.0337. The van der Waals surface area contributed by atoms with Gasteiger partial charge in [-0.3, -0.25) is 0 Å². The molecule has 0 spiro atoms. The molecule has 4 heteroatoms. The van der Waals surface area contributed by atoms with Crippen LogP contribution in [0.15, 0.2) is 18.2 Å². The molecule has 0 aliphatic rings. The first-order chi connectivity index (χ1) is 5.65. The molecule has 0 heterocycles. The highest BCUT2D eigenvalue weighted by molar-refractivity contribution is 7.80. The van der Waals surface area contributed by atoms with Crippen LogP contribution in [0.3, 0.4) is 0 Å². The second-order valence-electron chi connectivity index (χ2n) is 2.21. The summed E-state index contributed by atoms with van der Waals surface area (Å²) in [6.07, 6.45) is 0.